The second-order valence-electron chi connectivity index (χ2n) is 10.5. The molecule has 10 nitrogen and oxygen atoms in total. The van der Waals surface area contributed by atoms with Crippen LogP contribution < -0.4 is 11.1 Å². The monoisotopic (exact) mass is 639 g/mol. The number of likely N-dealkylation sites (tertiary alicyclic amines) is 1. The van der Waals surface area contributed by atoms with Crippen LogP contribution in [-0.2, 0) is 4.74 Å². The van der Waals surface area contributed by atoms with Gasteiger partial charge < -0.3 is 20.7 Å². The molecule has 1 aromatic carbocycles. The van der Waals surface area contributed by atoms with Crippen molar-refractivity contribution in [1.29, 1.82) is 0 Å². The predicted octanol–water partition coefficient (Wildman–Crippen LogP) is 5.50. The number of carbonyl (C=O) groups is 2. The molecule has 3 N–H and O–H groups in total. The van der Waals surface area contributed by atoms with Crippen molar-refractivity contribution in [3.63, 3.8) is 0 Å². The third kappa shape index (κ3) is 5.82. The van der Waals surface area contributed by atoms with Crippen LogP contribution in [0.1, 0.15) is 50.0 Å². The average molecular weight is 639 g/mol. The summed E-state index contributed by atoms with van der Waals surface area (Å²) in [6, 6.07) is 12.5. The highest BCUT2D eigenvalue weighted by Gasteiger charge is 2.31. The van der Waals surface area contributed by atoms with Gasteiger partial charge >= 0.3 is 6.09 Å². The lowest BCUT2D eigenvalue weighted by Gasteiger charge is -2.34. The summed E-state index contributed by atoms with van der Waals surface area (Å²) in [5, 5.41) is 8.56. The molecule has 1 aliphatic rings. The lowest BCUT2D eigenvalue weighted by Crippen LogP contribution is -2.43. The minimum Gasteiger partial charge on any atom is -0.444 e. The molecule has 11 heteroatoms. The van der Waals surface area contributed by atoms with Crippen LogP contribution in [0.25, 0.3) is 22.2 Å². The SMILES string of the molecule is CC(C)(C)OC(=O)N1CCC[C@@H](n2nc(-c3ccc(C(=O)Nc4ccccn4)cc3)c3c(N)ncc(I)c32)C1. The van der Waals surface area contributed by atoms with Gasteiger partial charge in [0.25, 0.3) is 5.91 Å². The number of benzene rings is 1. The number of piperidine rings is 1. The first-order valence-electron chi connectivity index (χ1n) is 12.7. The van der Waals surface area contributed by atoms with Crippen molar-refractivity contribution in [2.75, 3.05) is 24.1 Å². The van der Waals surface area contributed by atoms with E-state index in [1.807, 2.05) is 43.7 Å². The maximum atomic E-state index is 12.8. The first-order valence-corrected chi connectivity index (χ1v) is 13.8. The van der Waals surface area contributed by atoms with E-state index in [0.717, 1.165) is 32.9 Å². The molecule has 4 heterocycles. The number of ether oxygens (including phenoxy) is 1. The van der Waals surface area contributed by atoms with Crippen LogP contribution in [0, 0.1) is 3.57 Å². The molecule has 0 aliphatic carbocycles. The minimum absolute atomic E-state index is 0.0544. The zero-order chi connectivity index (χ0) is 27.7. The molecule has 0 saturated carbocycles. The number of amides is 2. The zero-order valence-electron chi connectivity index (χ0n) is 22.0. The Hall–Kier alpha value is -3.74. The second kappa shape index (κ2) is 10.8. The molecular formula is C28H30IN7O3. The van der Waals surface area contributed by atoms with E-state index in [-0.39, 0.29) is 18.0 Å². The van der Waals surface area contributed by atoms with Gasteiger partial charge in [0.2, 0.25) is 0 Å². The van der Waals surface area contributed by atoms with Crippen LogP contribution in [0.4, 0.5) is 16.4 Å². The number of nitrogens with two attached hydrogens (primary N) is 1. The van der Waals surface area contributed by atoms with Crippen molar-refractivity contribution in [2.24, 2.45) is 0 Å². The third-order valence-electron chi connectivity index (χ3n) is 6.43. The summed E-state index contributed by atoms with van der Waals surface area (Å²) in [6.07, 6.45) is 4.73. The summed E-state index contributed by atoms with van der Waals surface area (Å²) < 4.78 is 8.51. The number of rotatable bonds is 4. The first-order chi connectivity index (χ1) is 18.6. The molecule has 2 amide bonds. The lowest BCUT2D eigenvalue weighted by molar-refractivity contribution is 0.0169. The normalized spacial score (nSPS) is 15.8. The summed E-state index contributed by atoms with van der Waals surface area (Å²) in [4.78, 5) is 35.8. The molecule has 4 aromatic rings. The molecule has 202 valence electrons. The smallest absolute Gasteiger partial charge is 0.410 e. The van der Waals surface area contributed by atoms with E-state index < -0.39 is 5.60 Å². The van der Waals surface area contributed by atoms with Crippen LogP contribution in [0.5, 0.6) is 0 Å². The summed E-state index contributed by atoms with van der Waals surface area (Å²) >= 11 is 2.25. The van der Waals surface area contributed by atoms with E-state index in [1.54, 1.807) is 41.6 Å². The number of nitrogens with zero attached hydrogens (tertiary/aromatic N) is 5. The van der Waals surface area contributed by atoms with Crippen LogP contribution in [0.3, 0.4) is 0 Å². The summed E-state index contributed by atoms with van der Waals surface area (Å²) in [7, 11) is 0. The van der Waals surface area contributed by atoms with Gasteiger partial charge in [-0.3, -0.25) is 9.48 Å². The highest BCUT2D eigenvalue weighted by molar-refractivity contribution is 14.1. The quantitative estimate of drug-likeness (QED) is 0.282. The van der Waals surface area contributed by atoms with Crippen molar-refractivity contribution in [3.8, 4) is 11.3 Å². The molecule has 1 atom stereocenters. The number of aromatic nitrogens is 4. The first kappa shape index (κ1) is 26.9. The van der Waals surface area contributed by atoms with E-state index in [4.69, 9.17) is 15.6 Å². The standard InChI is InChI=1S/C28H30IN7O3/c1-28(2,3)39-27(38)35-14-6-7-19(16-35)36-24-20(29)15-32-25(30)22(24)23(34-36)17-9-11-18(12-10-17)26(37)33-21-8-4-5-13-31-21/h4-5,8-13,15,19H,6-7,14,16H2,1-3H3,(H2,30,32)(H,31,33,37)/t19-/m1/s1. The molecule has 0 spiro atoms. The fraction of sp³-hybridized carbons (Fsp3) is 0.321. The highest BCUT2D eigenvalue weighted by atomic mass is 127. The molecule has 0 unspecified atom stereocenters. The Morgan fingerprint density at radius 1 is 1.13 bits per heavy atom. The summed E-state index contributed by atoms with van der Waals surface area (Å²) in [5.74, 6) is 0.608. The van der Waals surface area contributed by atoms with E-state index in [1.165, 1.54) is 0 Å². The fourth-order valence-corrected chi connectivity index (χ4v) is 5.33. The summed E-state index contributed by atoms with van der Waals surface area (Å²) in [6.45, 7) is 6.72. The molecule has 1 saturated heterocycles. The number of anilines is 2. The Morgan fingerprint density at radius 2 is 1.90 bits per heavy atom. The molecule has 0 radical (unpaired) electrons. The molecule has 0 bridgehead atoms. The van der Waals surface area contributed by atoms with Crippen LogP contribution in [0.2, 0.25) is 0 Å². The Balaban J connectivity index is 1.47. The van der Waals surface area contributed by atoms with Crippen molar-refractivity contribution in [2.45, 2.75) is 45.3 Å². The molecule has 3 aromatic heterocycles. The second-order valence-corrected chi connectivity index (χ2v) is 11.6. The van der Waals surface area contributed by atoms with Gasteiger partial charge in [0.05, 0.1) is 20.5 Å². The van der Waals surface area contributed by atoms with Crippen molar-refractivity contribution in [1.82, 2.24) is 24.6 Å². The highest BCUT2D eigenvalue weighted by Crippen LogP contribution is 2.37. The van der Waals surface area contributed by atoms with Crippen molar-refractivity contribution >= 4 is 57.1 Å². The fourth-order valence-electron chi connectivity index (χ4n) is 4.68. The molecule has 39 heavy (non-hydrogen) atoms. The average Bonchev–Trinajstić information content (AvgIpc) is 3.33. The Kier molecular flexibility index (Phi) is 7.43. The van der Waals surface area contributed by atoms with E-state index in [9.17, 15) is 9.59 Å². The number of nitrogens with one attached hydrogen (secondary N) is 1. The molecular weight excluding hydrogens is 609 g/mol. The Morgan fingerprint density at radius 3 is 2.59 bits per heavy atom. The predicted molar refractivity (Wildman–Crippen MR) is 158 cm³/mol. The number of fused-ring (bicyclic) bond motifs is 1. The topological polar surface area (TPSA) is 128 Å². The molecule has 1 aliphatic heterocycles. The van der Waals surface area contributed by atoms with Gasteiger partial charge in [0.1, 0.15) is 22.9 Å². The van der Waals surface area contributed by atoms with Crippen molar-refractivity contribution in [3.05, 3.63) is 64.0 Å². The van der Waals surface area contributed by atoms with Gasteiger partial charge in [-0.25, -0.2) is 14.8 Å². The summed E-state index contributed by atoms with van der Waals surface area (Å²) in [5.41, 5.74) is 8.69. The van der Waals surface area contributed by atoms with Gasteiger partial charge in [0.15, 0.2) is 0 Å². The number of carbonyl (C=O) groups excluding carboxylic acids is 2. The maximum absolute atomic E-state index is 12.8. The largest absolute Gasteiger partial charge is 0.444 e. The van der Waals surface area contributed by atoms with Crippen LogP contribution >= 0.6 is 22.6 Å². The lowest BCUT2D eigenvalue weighted by atomic mass is 10.1. The van der Waals surface area contributed by atoms with Gasteiger partial charge in [-0.2, -0.15) is 5.10 Å². The van der Waals surface area contributed by atoms with E-state index >= 15 is 0 Å². The Bertz CT molecular complexity index is 1510. The number of hydrogen-bond donors (Lipinski definition) is 2. The van der Waals surface area contributed by atoms with Gasteiger partial charge in [-0.05, 0) is 80.5 Å². The van der Waals surface area contributed by atoms with Crippen LogP contribution in [0.15, 0.2) is 54.9 Å². The van der Waals surface area contributed by atoms with Gasteiger partial charge in [-0.1, -0.05) is 18.2 Å². The zero-order valence-corrected chi connectivity index (χ0v) is 24.2. The molecule has 5 rings (SSSR count). The number of hydrogen-bond acceptors (Lipinski definition) is 7. The molecule has 1 fully saturated rings. The number of nitrogen functional groups attached to an aromatic ring is 1. The Labute approximate surface area is 240 Å². The third-order valence-corrected chi connectivity index (χ3v) is 7.22. The van der Waals surface area contributed by atoms with Gasteiger partial charge in [0, 0.05) is 36.6 Å². The maximum Gasteiger partial charge on any atom is 0.410 e. The van der Waals surface area contributed by atoms with Crippen LogP contribution in [-0.4, -0.2) is 55.3 Å². The number of pyridine rings is 2. The minimum atomic E-state index is -0.564. The van der Waals surface area contributed by atoms with Crippen molar-refractivity contribution < 1.29 is 14.3 Å². The van der Waals surface area contributed by atoms with E-state index in [0.29, 0.717) is 36.0 Å². The van der Waals surface area contributed by atoms with Gasteiger partial charge in [-0.15, -0.1) is 0 Å². The number of halogens is 1. The van der Waals surface area contributed by atoms with E-state index in [2.05, 4.69) is 37.9 Å².